The SMILES string of the molecule is CCCn1ccnc1CN1CCCC1CCc1ccnc(C)c1. The Bertz CT molecular complexity index is 619. The predicted molar refractivity (Wildman–Crippen MR) is 93.2 cm³/mol. The molecule has 0 saturated carbocycles. The summed E-state index contributed by atoms with van der Waals surface area (Å²) in [7, 11) is 0. The zero-order valence-electron chi connectivity index (χ0n) is 14.4. The second-order valence-electron chi connectivity index (χ2n) is 6.65. The molecule has 0 spiro atoms. The number of pyridine rings is 1. The zero-order valence-corrected chi connectivity index (χ0v) is 14.4. The van der Waals surface area contributed by atoms with Crippen molar-refractivity contribution in [1.82, 2.24) is 19.4 Å². The van der Waals surface area contributed by atoms with Crippen LogP contribution in [0.3, 0.4) is 0 Å². The molecule has 124 valence electrons. The average Bonchev–Trinajstić information content (AvgIpc) is 3.16. The summed E-state index contributed by atoms with van der Waals surface area (Å²) in [4.78, 5) is 11.5. The minimum Gasteiger partial charge on any atom is -0.334 e. The highest BCUT2D eigenvalue weighted by Gasteiger charge is 2.25. The van der Waals surface area contributed by atoms with Gasteiger partial charge in [0.25, 0.3) is 0 Å². The van der Waals surface area contributed by atoms with E-state index in [0.29, 0.717) is 6.04 Å². The number of hydrogen-bond donors (Lipinski definition) is 0. The van der Waals surface area contributed by atoms with Crippen molar-refractivity contribution in [1.29, 1.82) is 0 Å². The molecule has 0 aromatic carbocycles. The van der Waals surface area contributed by atoms with Crippen LogP contribution in [0.4, 0.5) is 0 Å². The second kappa shape index (κ2) is 7.73. The van der Waals surface area contributed by atoms with Gasteiger partial charge in [-0.25, -0.2) is 4.98 Å². The van der Waals surface area contributed by atoms with Gasteiger partial charge in [-0.05, 0) is 63.3 Å². The van der Waals surface area contributed by atoms with E-state index in [1.54, 1.807) is 0 Å². The fourth-order valence-corrected chi connectivity index (χ4v) is 3.64. The number of aryl methyl sites for hydroxylation is 3. The molecule has 1 aliphatic rings. The first-order valence-corrected chi connectivity index (χ1v) is 8.92. The van der Waals surface area contributed by atoms with Crippen LogP contribution in [-0.2, 0) is 19.5 Å². The summed E-state index contributed by atoms with van der Waals surface area (Å²) in [6, 6.07) is 5.06. The fraction of sp³-hybridized carbons (Fsp3) is 0.579. The summed E-state index contributed by atoms with van der Waals surface area (Å²) >= 11 is 0. The van der Waals surface area contributed by atoms with Crippen molar-refractivity contribution in [3.8, 4) is 0 Å². The Balaban J connectivity index is 1.58. The molecule has 2 aromatic rings. The Morgan fingerprint density at radius 2 is 2.17 bits per heavy atom. The third-order valence-electron chi connectivity index (χ3n) is 4.84. The zero-order chi connectivity index (χ0) is 16.1. The van der Waals surface area contributed by atoms with E-state index in [2.05, 4.69) is 51.6 Å². The second-order valence-corrected chi connectivity index (χ2v) is 6.65. The van der Waals surface area contributed by atoms with E-state index in [9.17, 15) is 0 Å². The van der Waals surface area contributed by atoms with Gasteiger partial charge in [-0.3, -0.25) is 9.88 Å². The number of nitrogens with zero attached hydrogens (tertiary/aromatic N) is 4. The van der Waals surface area contributed by atoms with Crippen LogP contribution in [0, 0.1) is 6.92 Å². The van der Waals surface area contributed by atoms with Crippen LogP contribution in [0.2, 0.25) is 0 Å². The van der Waals surface area contributed by atoms with Crippen LogP contribution in [0.25, 0.3) is 0 Å². The van der Waals surface area contributed by atoms with Crippen molar-refractivity contribution in [3.05, 3.63) is 47.8 Å². The third kappa shape index (κ3) is 4.20. The van der Waals surface area contributed by atoms with Gasteiger partial charge < -0.3 is 4.57 Å². The van der Waals surface area contributed by atoms with Crippen LogP contribution in [0.15, 0.2) is 30.7 Å². The number of rotatable bonds is 7. The quantitative estimate of drug-likeness (QED) is 0.783. The van der Waals surface area contributed by atoms with Crippen LogP contribution in [-0.4, -0.2) is 32.0 Å². The lowest BCUT2D eigenvalue weighted by atomic mass is 10.0. The van der Waals surface area contributed by atoms with Gasteiger partial charge in [0, 0.05) is 36.9 Å². The molecule has 1 aliphatic heterocycles. The van der Waals surface area contributed by atoms with Gasteiger partial charge in [-0.2, -0.15) is 0 Å². The molecular formula is C19H28N4. The minimum absolute atomic E-state index is 0.690. The molecule has 4 nitrogen and oxygen atoms in total. The molecule has 0 N–H and O–H groups in total. The summed E-state index contributed by atoms with van der Waals surface area (Å²) in [5.74, 6) is 1.22. The van der Waals surface area contributed by atoms with Crippen molar-refractivity contribution in [2.24, 2.45) is 0 Å². The monoisotopic (exact) mass is 312 g/mol. The summed E-state index contributed by atoms with van der Waals surface area (Å²) in [5, 5.41) is 0. The highest BCUT2D eigenvalue weighted by Crippen LogP contribution is 2.23. The van der Waals surface area contributed by atoms with Crippen LogP contribution >= 0.6 is 0 Å². The summed E-state index contributed by atoms with van der Waals surface area (Å²) < 4.78 is 2.31. The van der Waals surface area contributed by atoms with Crippen molar-refractivity contribution in [2.75, 3.05) is 6.54 Å². The van der Waals surface area contributed by atoms with Crippen LogP contribution in [0.5, 0.6) is 0 Å². The number of aromatic nitrogens is 3. The first-order valence-electron chi connectivity index (χ1n) is 8.92. The Hall–Kier alpha value is -1.68. The fourth-order valence-electron chi connectivity index (χ4n) is 3.64. The summed E-state index contributed by atoms with van der Waals surface area (Å²) in [6.07, 6.45) is 12.2. The van der Waals surface area contributed by atoms with E-state index in [-0.39, 0.29) is 0 Å². The smallest absolute Gasteiger partial charge is 0.122 e. The maximum atomic E-state index is 4.58. The van der Waals surface area contributed by atoms with Gasteiger partial charge in [0.2, 0.25) is 0 Å². The summed E-state index contributed by atoms with van der Waals surface area (Å²) in [6.45, 7) is 7.56. The number of hydrogen-bond acceptors (Lipinski definition) is 3. The molecular weight excluding hydrogens is 284 g/mol. The number of likely N-dealkylation sites (tertiary alicyclic amines) is 1. The van der Waals surface area contributed by atoms with E-state index >= 15 is 0 Å². The van der Waals surface area contributed by atoms with E-state index in [4.69, 9.17) is 0 Å². The molecule has 0 radical (unpaired) electrons. The standard InChI is InChI=1S/C19H28N4/c1-3-11-22-13-10-21-19(22)15-23-12-4-5-18(23)7-6-17-8-9-20-16(2)14-17/h8-10,13-14,18H,3-7,11-12,15H2,1-2H3. The Labute approximate surface area is 139 Å². The van der Waals surface area contributed by atoms with Gasteiger partial charge in [-0.15, -0.1) is 0 Å². The molecule has 1 fully saturated rings. The molecule has 4 heteroatoms. The van der Waals surface area contributed by atoms with Crippen LogP contribution in [0.1, 0.15) is 49.7 Å². The van der Waals surface area contributed by atoms with Crippen molar-refractivity contribution in [2.45, 2.75) is 65.1 Å². The Morgan fingerprint density at radius 3 is 3.00 bits per heavy atom. The topological polar surface area (TPSA) is 34.0 Å². The largest absolute Gasteiger partial charge is 0.334 e. The first-order chi connectivity index (χ1) is 11.3. The average molecular weight is 312 g/mol. The van der Waals surface area contributed by atoms with E-state index in [0.717, 1.165) is 31.6 Å². The van der Waals surface area contributed by atoms with Gasteiger partial charge in [0.05, 0.1) is 6.54 Å². The normalized spacial score (nSPS) is 18.6. The third-order valence-corrected chi connectivity index (χ3v) is 4.84. The first kappa shape index (κ1) is 16.2. The van der Waals surface area contributed by atoms with E-state index in [1.807, 2.05) is 12.4 Å². The van der Waals surface area contributed by atoms with Gasteiger partial charge >= 0.3 is 0 Å². The van der Waals surface area contributed by atoms with E-state index in [1.165, 1.54) is 37.2 Å². The van der Waals surface area contributed by atoms with Gasteiger partial charge in [-0.1, -0.05) is 6.92 Å². The highest BCUT2D eigenvalue weighted by molar-refractivity contribution is 5.15. The molecule has 0 aliphatic carbocycles. The molecule has 2 aromatic heterocycles. The minimum atomic E-state index is 0.690. The predicted octanol–water partition coefficient (Wildman–Crippen LogP) is 3.59. The number of imidazole rings is 1. The molecule has 1 unspecified atom stereocenters. The maximum Gasteiger partial charge on any atom is 0.122 e. The molecule has 0 amide bonds. The Kier molecular flexibility index (Phi) is 5.44. The molecule has 0 bridgehead atoms. The molecule has 1 atom stereocenters. The van der Waals surface area contributed by atoms with Crippen molar-refractivity contribution < 1.29 is 0 Å². The summed E-state index contributed by atoms with van der Waals surface area (Å²) in [5.41, 5.74) is 2.53. The van der Waals surface area contributed by atoms with Crippen molar-refractivity contribution >= 4 is 0 Å². The highest BCUT2D eigenvalue weighted by atomic mass is 15.2. The molecule has 23 heavy (non-hydrogen) atoms. The van der Waals surface area contributed by atoms with Crippen LogP contribution < -0.4 is 0 Å². The lowest BCUT2D eigenvalue weighted by Crippen LogP contribution is -2.30. The lowest BCUT2D eigenvalue weighted by Gasteiger charge is -2.24. The maximum absolute atomic E-state index is 4.58. The van der Waals surface area contributed by atoms with Gasteiger partial charge in [0.15, 0.2) is 0 Å². The Morgan fingerprint density at radius 1 is 1.26 bits per heavy atom. The molecule has 1 saturated heterocycles. The van der Waals surface area contributed by atoms with Crippen molar-refractivity contribution in [3.63, 3.8) is 0 Å². The van der Waals surface area contributed by atoms with E-state index < -0.39 is 0 Å². The molecule has 3 rings (SSSR count). The molecule has 3 heterocycles. The lowest BCUT2D eigenvalue weighted by molar-refractivity contribution is 0.226. The van der Waals surface area contributed by atoms with Gasteiger partial charge in [0.1, 0.15) is 5.82 Å².